The van der Waals surface area contributed by atoms with Crippen molar-refractivity contribution in [1.82, 2.24) is 14.5 Å². The number of carbonyl (C=O) groups excluding carboxylic acids is 2. The van der Waals surface area contributed by atoms with E-state index in [4.69, 9.17) is 0 Å². The molecule has 0 unspecified atom stereocenters. The molecule has 2 amide bonds. The molecule has 0 bridgehead atoms. The van der Waals surface area contributed by atoms with E-state index >= 15 is 0 Å². The van der Waals surface area contributed by atoms with E-state index in [-0.39, 0.29) is 29.9 Å². The third-order valence-electron chi connectivity index (χ3n) is 6.85. The van der Waals surface area contributed by atoms with Crippen LogP contribution in [0.15, 0.2) is 77.7 Å². The topological polar surface area (TPSA) is 86.8 Å². The normalized spacial score (nSPS) is 15.2. The molecule has 0 spiro atoms. The predicted molar refractivity (Wildman–Crippen MR) is 141 cm³/mol. The molecule has 190 valence electrons. The van der Waals surface area contributed by atoms with Gasteiger partial charge in [0.2, 0.25) is 21.8 Å². The highest BCUT2D eigenvalue weighted by Gasteiger charge is 2.31. The second kappa shape index (κ2) is 11.2. The summed E-state index contributed by atoms with van der Waals surface area (Å²) >= 11 is 0. The van der Waals surface area contributed by atoms with Crippen LogP contribution in [0.3, 0.4) is 0 Å². The van der Waals surface area contributed by atoms with E-state index in [0.29, 0.717) is 0 Å². The van der Waals surface area contributed by atoms with Crippen LogP contribution in [-0.2, 0) is 26.2 Å². The standard InChI is InChI=1S/C28H33N3O4S/c1-21(28(33)29-25-14-8-9-15-25)31(19-22-10-4-3-5-11-22)27(32)20-30(2)36(34,35)26-17-16-23-12-6-7-13-24(23)18-26/h3-7,10-13,16-18,21,25H,8-9,14-15,19-20H2,1-2H3,(H,29,33)/t21-/m0/s1. The zero-order chi connectivity index (χ0) is 25.7. The van der Waals surface area contributed by atoms with Crippen molar-refractivity contribution in [2.24, 2.45) is 0 Å². The Morgan fingerprint density at radius 3 is 2.28 bits per heavy atom. The SMILES string of the molecule is C[C@@H](C(=O)NC1CCCC1)N(Cc1ccccc1)C(=O)CN(C)S(=O)(=O)c1ccc2ccccc2c1. The van der Waals surface area contributed by atoms with Crippen LogP contribution >= 0.6 is 0 Å². The lowest BCUT2D eigenvalue weighted by molar-refractivity contribution is -0.140. The van der Waals surface area contributed by atoms with Crippen molar-refractivity contribution in [2.45, 2.75) is 56.1 Å². The fourth-order valence-corrected chi connectivity index (χ4v) is 5.78. The number of sulfonamides is 1. The Hall–Kier alpha value is -3.23. The number of fused-ring (bicyclic) bond motifs is 1. The number of amides is 2. The van der Waals surface area contributed by atoms with Crippen molar-refractivity contribution in [3.63, 3.8) is 0 Å². The van der Waals surface area contributed by atoms with Gasteiger partial charge in [0, 0.05) is 19.6 Å². The Morgan fingerprint density at radius 2 is 1.58 bits per heavy atom. The second-order valence-corrected chi connectivity index (χ2v) is 11.5. The average molecular weight is 508 g/mol. The third kappa shape index (κ3) is 5.94. The number of hydrogen-bond donors (Lipinski definition) is 1. The minimum atomic E-state index is -3.91. The van der Waals surface area contributed by atoms with Crippen molar-refractivity contribution < 1.29 is 18.0 Å². The van der Waals surface area contributed by atoms with E-state index in [2.05, 4.69) is 5.32 Å². The van der Waals surface area contributed by atoms with Gasteiger partial charge >= 0.3 is 0 Å². The van der Waals surface area contributed by atoms with Gasteiger partial charge in [-0.15, -0.1) is 0 Å². The smallest absolute Gasteiger partial charge is 0.243 e. The first-order chi connectivity index (χ1) is 17.3. The van der Waals surface area contributed by atoms with Gasteiger partial charge in [0.15, 0.2) is 0 Å². The van der Waals surface area contributed by atoms with Gasteiger partial charge in [0.05, 0.1) is 11.4 Å². The van der Waals surface area contributed by atoms with Crippen LogP contribution in [0.4, 0.5) is 0 Å². The van der Waals surface area contributed by atoms with Crippen LogP contribution in [0, 0.1) is 0 Å². The van der Waals surface area contributed by atoms with Gasteiger partial charge in [-0.2, -0.15) is 4.31 Å². The summed E-state index contributed by atoms with van der Waals surface area (Å²) in [5.41, 5.74) is 0.867. The largest absolute Gasteiger partial charge is 0.352 e. The van der Waals surface area contributed by atoms with Gasteiger partial charge in [-0.25, -0.2) is 8.42 Å². The number of hydrogen-bond acceptors (Lipinski definition) is 4. The van der Waals surface area contributed by atoms with E-state index < -0.39 is 22.0 Å². The summed E-state index contributed by atoms with van der Waals surface area (Å²) in [4.78, 5) is 28.1. The first-order valence-electron chi connectivity index (χ1n) is 12.3. The van der Waals surface area contributed by atoms with E-state index in [1.165, 1.54) is 11.9 Å². The lowest BCUT2D eigenvalue weighted by atomic mass is 10.1. The molecule has 8 heteroatoms. The quantitative estimate of drug-likeness (QED) is 0.475. The van der Waals surface area contributed by atoms with E-state index in [0.717, 1.165) is 46.3 Å². The minimum Gasteiger partial charge on any atom is -0.352 e. The molecule has 0 saturated heterocycles. The Balaban J connectivity index is 1.53. The predicted octanol–water partition coefficient (Wildman–Crippen LogP) is 3.94. The van der Waals surface area contributed by atoms with Crippen molar-refractivity contribution in [3.8, 4) is 0 Å². The lowest BCUT2D eigenvalue weighted by Crippen LogP contribution is -2.52. The van der Waals surface area contributed by atoms with Crippen LogP contribution in [-0.4, -0.2) is 55.1 Å². The summed E-state index contributed by atoms with van der Waals surface area (Å²) in [6.07, 6.45) is 4.06. The summed E-state index contributed by atoms with van der Waals surface area (Å²) in [5.74, 6) is -0.647. The molecule has 0 aromatic heterocycles. The molecular formula is C28H33N3O4S. The summed E-state index contributed by atoms with van der Waals surface area (Å²) in [6, 6.07) is 21.2. The zero-order valence-electron chi connectivity index (χ0n) is 20.8. The molecule has 36 heavy (non-hydrogen) atoms. The molecule has 0 radical (unpaired) electrons. The molecule has 1 aliphatic carbocycles. The Labute approximate surface area is 213 Å². The maximum atomic E-state index is 13.5. The highest BCUT2D eigenvalue weighted by Crippen LogP contribution is 2.22. The molecule has 1 aliphatic rings. The monoisotopic (exact) mass is 507 g/mol. The van der Waals surface area contributed by atoms with Crippen molar-refractivity contribution in [3.05, 3.63) is 78.4 Å². The molecule has 3 aromatic carbocycles. The maximum absolute atomic E-state index is 13.5. The van der Waals surface area contributed by atoms with Crippen LogP contribution in [0.5, 0.6) is 0 Å². The average Bonchev–Trinajstić information content (AvgIpc) is 3.40. The Bertz CT molecular complexity index is 1320. The van der Waals surface area contributed by atoms with Gasteiger partial charge in [0.1, 0.15) is 6.04 Å². The number of likely N-dealkylation sites (N-methyl/N-ethyl adjacent to an activating group) is 1. The highest BCUT2D eigenvalue weighted by molar-refractivity contribution is 7.89. The van der Waals surface area contributed by atoms with Gasteiger partial charge < -0.3 is 10.2 Å². The fourth-order valence-electron chi connectivity index (χ4n) is 4.63. The van der Waals surface area contributed by atoms with E-state index in [1.54, 1.807) is 25.1 Å². The highest BCUT2D eigenvalue weighted by atomic mass is 32.2. The second-order valence-electron chi connectivity index (χ2n) is 9.44. The fraction of sp³-hybridized carbons (Fsp3) is 0.357. The van der Waals surface area contributed by atoms with Crippen molar-refractivity contribution in [1.29, 1.82) is 0 Å². The van der Waals surface area contributed by atoms with Gasteiger partial charge in [-0.05, 0) is 48.2 Å². The molecule has 1 atom stereocenters. The summed E-state index contributed by atoms with van der Waals surface area (Å²) in [7, 11) is -2.52. The molecule has 0 aliphatic heterocycles. The summed E-state index contributed by atoms with van der Waals surface area (Å²) in [5, 5.41) is 4.80. The van der Waals surface area contributed by atoms with E-state index in [9.17, 15) is 18.0 Å². The number of rotatable bonds is 9. The summed E-state index contributed by atoms with van der Waals surface area (Å²) in [6.45, 7) is 1.54. The van der Waals surface area contributed by atoms with Crippen LogP contribution in [0.2, 0.25) is 0 Å². The van der Waals surface area contributed by atoms with Crippen LogP contribution in [0.1, 0.15) is 38.2 Å². The number of nitrogens with zero attached hydrogens (tertiary/aromatic N) is 2. The maximum Gasteiger partial charge on any atom is 0.243 e. The lowest BCUT2D eigenvalue weighted by Gasteiger charge is -2.31. The number of carbonyl (C=O) groups is 2. The first kappa shape index (κ1) is 25.9. The van der Waals surface area contributed by atoms with Crippen LogP contribution < -0.4 is 5.32 Å². The molecule has 3 aromatic rings. The zero-order valence-corrected chi connectivity index (χ0v) is 21.6. The molecular weight excluding hydrogens is 474 g/mol. The number of benzene rings is 3. The first-order valence-corrected chi connectivity index (χ1v) is 13.8. The third-order valence-corrected chi connectivity index (χ3v) is 8.65. The Kier molecular flexibility index (Phi) is 8.06. The van der Waals surface area contributed by atoms with Gasteiger partial charge in [-0.3, -0.25) is 9.59 Å². The molecule has 1 fully saturated rings. The summed E-state index contributed by atoms with van der Waals surface area (Å²) < 4.78 is 27.7. The van der Waals surface area contributed by atoms with E-state index in [1.807, 2.05) is 54.6 Å². The van der Waals surface area contributed by atoms with Gasteiger partial charge in [-0.1, -0.05) is 73.5 Å². The molecule has 1 saturated carbocycles. The van der Waals surface area contributed by atoms with Crippen molar-refractivity contribution >= 4 is 32.6 Å². The van der Waals surface area contributed by atoms with Crippen molar-refractivity contribution in [2.75, 3.05) is 13.6 Å². The molecule has 1 N–H and O–H groups in total. The van der Waals surface area contributed by atoms with Gasteiger partial charge in [0.25, 0.3) is 0 Å². The van der Waals surface area contributed by atoms with Crippen LogP contribution in [0.25, 0.3) is 10.8 Å². The molecule has 4 rings (SSSR count). The Morgan fingerprint density at radius 1 is 0.944 bits per heavy atom. The number of nitrogens with one attached hydrogen (secondary N) is 1. The minimum absolute atomic E-state index is 0.123. The molecule has 0 heterocycles. The molecule has 7 nitrogen and oxygen atoms in total.